The van der Waals surface area contributed by atoms with Gasteiger partial charge in [0.1, 0.15) is 0 Å². The molecule has 3 aliphatic carbocycles. The van der Waals surface area contributed by atoms with Crippen LogP contribution in [0.25, 0.3) is 10.8 Å². The molecule has 2 atom stereocenters. The van der Waals surface area contributed by atoms with E-state index >= 15 is 0 Å². The Morgan fingerprint density at radius 2 is 1.38 bits per heavy atom. The van der Waals surface area contributed by atoms with Crippen LogP contribution in [0.1, 0.15) is 28.2 Å². The molecular weight excluding hydrogens is 424 g/mol. The normalized spacial score (nSPS) is 26.7. The van der Waals surface area contributed by atoms with Crippen LogP contribution in [0.5, 0.6) is 0 Å². The zero-order valence-electron chi connectivity index (χ0n) is 18.1. The Bertz CT molecular complexity index is 1500. The standard InChI is InChI=1S/C29H20N2O3/c32-27-25-24-19-11-3-5-13-21(19)29(16-30-34,22-14-6-4-12-20(22)24)26(25)28(33)31(27)23-15-7-9-17-8-1-2-10-18(17)23/h1-16,24-26,34H/b30-16-/t24?,25-,26+,29?/m0/s1. The molecule has 0 aromatic heterocycles. The van der Waals surface area contributed by atoms with Gasteiger partial charge in [0.05, 0.1) is 29.2 Å². The molecule has 2 amide bonds. The van der Waals surface area contributed by atoms with Crippen LogP contribution in [0, 0.1) is 11.8 Å². The molecule has 34 heavy (non-hydrogen) atoms. The molecule has 0 spiro atoms. The molecule has 4 aliphatic rings. The van der Waals surface area contributed by atoms with Gasteiger partial charge in [-0.25, -0.2) is 4.90 Å². The highest BCUT2D eigenvalue weighted by molar-refractivity contribution is 6.27. The van der Waals surface area contributed by atoms with Crippen LogP contribution in [-0.2, 0) is 15.0 Å². The van der Waals surface area contributed by atoms with Gasteiger partial charge in [-0.3, -0.25) is 9.59 Å². The van der Waals surface area contributed by atoms with Gasteiger partial charge >= 0.3 is 0 Å². The lowest BCUT2D eigenvalue weighted by Gasteiger charge is -2.52. The first-order valence-corrected chi connectivity index (χ1v) is 11.4. The first kappa shape index (κ1) is 19.2. The third-order valence-electron chi connectivity index (χ3n) is 7.95. The van der Waals surface area contributed by atoms with E-state index < -0.39 is 17.3 Å². The predicted molar refractivity (Wildman–Crippen MR) is 129 cm³/mol. The lowest BCUT2D eigenvalue weighted by atomic mass is 9.47. The number of anilines is 1. The number of carbonyl (C=O) groups excluding carboxylic acids is 2. The highest BCUT2D eigenvalue weighted by Crippen LogP contribution is 2.63. The van der Waals surface area contributed by atoms with E-state index in [4.69, 9.17) is 0 Å². The molecule has 8 rings (SSSR count). The van der Waals surface area contributed by atoms with Crippen molar-refractivity contribution in [3.05, 3.63) is 113 Å². The molecule has 5 nitrogen and oxygen atoms in total. The molecule has 4 aromatic rings. The summed E-state index contributed by atoms with van der Waals surface area (Å²) in [5.41, 5.74) is 3.47. The molecule has 0 saturated carbocycles. The fourth-order valence-corrected chi connectivity index (χ4v) is 6.78. The molecule has 1 N–H and O–H groups in total. The van der Waals surface area contributed by atoms with Gasteiger partial charge in [-0.15, -0.1) is 5.16 Å². The average molecular weight is 444 g/mol. The molecule has 5 heteroatoms. The zero-order chi connectivity index (χ0) is 23.0. The lowest BCUT2D eigenvalue weighted by molar-refractivity contribution is -0.122. The third-order valence-corrected chi connectivity index (χ3v) is 7.95. The van der Waals surface area contributed by atoms with E-state index in [0.717, 1.165) is 33.0 Å². The number of oxime groups is 1. The van der Waals surface area contributed by atoms with Gasteiger partial charge in [-0.1, -0.05) is 84.9 Å². The quantitative estimate of drug-likeness (QED) is 0.208. The third kappa shape index (κ3) is 2.12. The monoisotopic (exact) mass is 444 g/mol. The maximum absolute atomic E-state index is 14.2. The van der Waals surface area contributed by atoms with Crippen molar-refractivity contribution in [3.8, 4) is 0 Å². The molecule has 1 saturated heterocycles. The second-order valence-corrected chi connectivity index (χ2v) is 9.28. The minimum Gasteiger partial charge on any atom is -0.411 e. The summed E-state index contributed by atoms with van der Waals surface area (Å²) in [5, 5.41) is 15.2. The molecule has 0 unspecified atom stereocenters. The topological polar surface area (TPSA) is 70.0 Å². The Kier molecular flexibility index (Phi) is 3.76. The molecule has 0 radical (unpaired) electrons. The lowest BCUT2D eigenvalue weighted by Crippen LogP contribution is -2.54. The Balaban J connectivity index is 1.53. The van der Waals surface area contributed by atoms with Crippen molar-refractivity contribution in [2.75, 3.05) is 4.90 Å². The van der Waals surface area contributed by atoms with Crippen LogP contribution < -0.4 is 4.90 Å². The van der Waals surface area contributed by atoms with Crippen molar-refractivity contribution in [1.29, 1.82) is 0 Å². The van der Waals surface area contributed by atoms with Gasteiger partial charge in [0.25, 0.3) is 0 Å². The molecule has 1 heterocycles. The van der Waals surface area contributed by atoms with Gasteiger partial charge in [-0.2, -0.15) is 0 Å². The minimum absolute atomic E-state index is 0.198. The minimum atomic E-state index is -1.02. The summed E-state index contributed by atoms with van der Waals surface area (Å²) in [6.45, 7) is 0. The summed E-state index contributed by atoms with van der Waals surface area (Å²) < 4.78 is 0. The summed E-state index contributed by atoms with van der Waals surface area (Å²) in [6, 6.07) is 29.3. The number of hydrogen-bond donors (Lipinski definition) is 1. The van der Waals surface area contributed by atoms with E-state index in [1.165, 1.54) is 11.1 Å². The van der Waals surface area contributed by atoms with Crippen LogP contribution in [0.2, 0.25) is 0 Å². The Morgan fingerprint density at radius 3 is 2.09 bits per heavy atom. The predicted octanol–water partition coefficient (Wildman–Crippen LogP) is 4.85. The number of hydrogen-bond acceptors (Lipinski definition) is 4. The molecular formula is C29H20N2O3. The smallest absolute Gasteiger partial charge is 0.239 e. The number of carbonyl (C=O) groups is 2. The second kappa shape index (κ2) is 6.64. The number of nitrogens with zero attached hydrogens (tertiary/aromatic N) is 2. The van der Waals surface area contributed by atoms with Crippen molar-refractivity contribution >= 4 is 34.5 Å². The first-order valence-electron chi connectivity index (χ1n) is 11.4. The van der Waals surface area contributed by atoms with Gasteiger partial charge < -0.3 is 5.21 Å². The summed E-state index contributed by atoms with van der Waals surface area (Å²) >= 11 is 0. The van der Waals surface area contributed by atoms with Crippen molar-refractivity contribution in [1.82, 2.24) is 0 Å². The van der Waals surface area contributed by atoms with Crippen LogP contribution in [0.3, 0.4) is 0 Å². The number of fused-ring (bicyclic) bond motifs is 1. The second-order valence-electron chi connectivity index (χ2n) is 9.28. The number of imide groups is 1. The molecule has 4 aromatic carbocycles. The van der Waals surface area contributed by atoms with Crippen molar-refractivity contribution < 1.29 is 14.8 Å². The van der Waals surface area contributed by atoms with Crippen molar-refractivity contribution in [3.63, 3.8) is 0 Å². The summed E-state index contributed by atoms with van der Waals surface area (Å²) in [7, 11) is 0. The van der Waals surface area contributed by atoms with Crippen LogP contribution in [0.4, 0.5) is 5.69 Å². The number of benzene rings is 4. The Hall–Kier alpha value is -4.25. The average Bonchev–Trinajstić information content (AvgIpc) is 3.15. The SMILES string of the molecule is O=C1[C@H]2C3c4ccccc4C(/C=N\O)(c4ccccc43)[C@H]2C(=O)N1c1cccc2ccccc12. The summed E-state index contributed by atoms with van der Waals surface area (Å²) in [5.74, 6) is -1.95. The zero-order valence-corrected chi connectivity index (χ0v) is 18.1. The summed E-state index contributed by atoms with van der Waals surface area (Å²) in [6.07, 6.45) is 1.47. The maximum atomic E-state index is 14.2. The maximum Gasteiger partial charge on any atom is 0.239 e. The molecule has 1 fully saturated rings. The van der Waals surface area contributed by atoms with Crippen LogP contribution >= 0.6 is 0 Å². The Labute approximate surface area is 195 Å². The molecule has 164 valence electrons. The first-order chi connectivity index (χ1) is 16.7. The fraction of sp³-hybridized carbons (Fsp3) is 0.138. The number of rotatable bonds is 2. The van der Waals surface area contributed by atoms with E-state index in [1.54, 1.807) is 0 Å². The largest absolute Gasteiger partial charge is 0.411 e. The van der Waals surface area contributed by atoms with Gasteiger partial charge in [0.2, 0.25) is 11.8 Å². The van der Waals surface area contributed by atoms with E-state index in [-0.39, 0.29) is 17.7 Å². The van der Waals surface area contributed by atoms with E-state index in [0.29, 0.717) is 5.69 Å². The van der Waals surface area contributed by atoms with Crippen molar-refractivity contribution in [2.24, 2.45) is 17.0 Å². The molecule has 1 aliphatic heterocycles. The van der Waals surface area contributed by atoms with Gasteiger partial charge in [-0.05, 0) is 33.7 Å². The Morgan fingerprint density at radius 1 is 0.765 bits per heavy atom. The summed E-state index contributed by atoms with van der Waals surface area (Å²) in [4.78, 5) is 29.8. The van der Waals surface area contributed by atoms with Crippen LogP contribution in [0.15, 0.2) is 96.2 Å². The van der Waals surface area contributed by atoms with E-state index in [1.807, 2.05) is 91.0 Å². The van der Waals surface area contributed by atoms with Crippen LogP contribution in [-0.4, -0.2) is 23.2 Å². The fourth-order valence-electron chi connectivity index (χ4n) is 6.78. The van der Waals surface area contributed by atoms with E-state index in [2.05, 4.69) is 5.16 Å². The highest BCUT2D eigenvalue weighted by atomic mass is 16.4. The van der Waals surface area contributed by atoms with Gasteiger partial charge in [0.15, 0.2) is 0 Å². The number of amides is 2. The highest BCUT2D eigenvalue weighted by Gasteiger charge is 2.68. The van der Waals surface area contributed by atoms with Crippen molar-refractivity contribution in [2.45, 2.75) is 11.3 Å². The van der Waals surface area contributed by atoms with E-state index in [9.17, 15) is 14.8 Å². The molecule has 2 bridgehead atoms. The van der Waals surface area contributed by atoms with Gasteiger partial charge in [0, 0.05) is 11.3 Å².